The predicted molar refractivity (Wildman–Crippen MR) is 139 cm³/mol. The van der Waals surface area contributed by atoms with E-state index >= 15 is 0 Å². The number of aromatic nitrogens is 1. The standard InChI is InChI=1S/C24H24ClN5O4S2/c1-26-22(31)20-14-29(36(33,34)18-6-4-15-11-17(25)5-3-16(15)12-18)9-10-30(20)24(32)23-27-19-13-28(2)8-7-21(19)35-23/h3-8,11-12,20H,9-10,13-14H2,1-2H3,(H,26,31). The summed E-state index contributed by atoms with van der Waals surface area (Å²) in [4.78, 5) is 35.1. The number of fused-ring (bicyclic) bond motifs is 2. The van der Waals surface area contributed by atoms with Gasteiger partial charge >= 0.3 is 0 Å². The van der Waals surface area contributed by atoms with Crippen LogP contribution in [0.25, 0.3) is 16.8 Å². The molecule has 1 fully saturated rings. The average Bonchev–Trinajstić information content (AvgIpc) is 3.30. The molecule has 1 saturated heterocycles. The Labute approximate surface area is 218 Å². The van der Waals surface area contributed by atoms with Gasteiger partial charge in [0.15, 0.2) is 5.01 Å². The molecule has 1 unspecified atom stereocenters. The highest BCUT2D eigenvalue weighted by Crippen LogP contribution is 2.29. The van der Waals surface area contributed by atoms with Crippen molar-refractivity contribution in [2.24, 2.45) is 0 Å². The Balaban J connectivity index is 1.41. The minimum absolute atomic E-state index is 0.0634. The predicted octanol–water partition coefficient (Wildman–Crippen LogP) is 2.63. The van der Waals surface area contributed by atoms with Gasteiger partial charge in [-0.15, -0.1) is 11.3 Å². The number of carbonyl (C=O) groups is 2. The molecule has 2 aliphatic heterocycles. The van der Waals surface area contributed by atoms with E-state index in [2.05, 4.69) is 10.3 Å². The first-order valence-corrected chi connectivity index (χ1v) is 13.9. The Morgan fingerprint density at radius 2 is 1.89 bits per heavy atom. The number of nitrogens with one attached hydrogen (secondary N) is 1. The van der Waals surface area contributed by atoms with Gasteiger partial charge < -0.3 is 15.1 Å². The second kappa shape index (κ2) is 9.47. The molecule has 0 radical (unpaired) electrons. The monoisotopic (exact) mass is 545 g/mol. The highest BCUT2D eigenvalue weighted by Gasteiger charge is 2.40. The molecule has 9 nitrogen and oxygen atoms in total. The Kier molecular flexibility index (Phi) is 6.50. The SMILES string of the molecule is CNC(=O)C1CN(S(=O)(=O)c2ccc3cc(Cl)ccc3c2)CCN1C(=O)c1nc2c(s1)C=CN(C)C2. The van der Waals surface area contributed by atoms with Crippen LogP contribution in [0.15, 0.2) is 47.5 Å². The highest BCUT2D eigenvalue weighted by atomic mass is 35.5. The van der Waals surface area contributed by atoms with Crippen molar-refractivity contribution in [3.8, 4) is 0 Å². The van der Waals surface area contributed by atoms with Gasteiger partial charge in [0, 0.05) is 45.0 Å². The van der Waals surface area contributed by atoms with E-state index in [0.717, 1.165) is 21.3 Å². The number of sulfonamides is 1. The van der Waals surface area contributed by atoms with E-state index in [9.17, 15) is 18.0 Å². The van der Waals surface area contributed by atoms with Gasteiger partial charge in [0.1, 0.15) is 6.04 Å². The summed E-state index contributed by atoms with van der Waals surface area (Å²) in [7, 11) is -0.515. The summed E-state index contributed by atoms with van der Waals surface area (Å²) < 4.78 is 28.3. The molecule has 36 heavy (non-hydrogen) atoms. The first-order valence-electron chi connectivity index (χ1n) is 11.3. The number of amides is 2. The van der Waals surface area contributed by atoms with Crippen LogP contribution < -0.4 is 5.32 Å². The van der Waals surface area contributed by atoms with E-state index in [1.807, 2.05) is 24.2 Å². The highest BCUT2D eigenvalue weighted by molar-refractivity contribution is 7.89. The molecule has 2 amide bonds. The molecule has 1 N–H and O–H groups in total. The van der Waals surface area contributed by atoms with E-state index < -0.39 is 22.0 Å². The number of halogens is 1. The molecule has 0 bridgehead atoms. The molecule has 188 valence electrons. The molecular formula is C24H24ClN5O4S2. The third-order valence-electron chi connectivity index (χ3n) is 6.35. The number of thiazole rings is 1. The lowest BCUT2D eigenvalue weighted by molar-refractivity contribution is -0.126. The third kappa shape index (κ3) is 4.47. The van der Waals surface area contributed by atoms with Crippen molar-refractivity contribution in [2.45, 2.75) is 17.5 Å². The molecule has 2 aromatic carbocycles. The van der Waals surface area contributed by atoms with Crippen LogP contribution in [0.5, 0.6) is 0 Å². The third-order valence-corrected chi connectivity index (χ3v) is 9.50. The summed E-state index contributed by atoms with van der Waals surface area (Å²) >= 11 is 7.32. The van der Waals surface area contributed by atoms with Gasteiger partial charge in [0.05, 0.1) is 22.0 Å². The van der Waals surface area contributed by atoms with Gasteiger partial charge in [0.2, 0.25) is 15.9 Å². The van der Waals surface area contributed by atoms with Gasteiger partial charge in [-0.2, -0.15) is 4.31 Å². The van der Waals surface area contributed by atoms with Crippen molar-refractivity contribution >= 4 is 61.6 Å². The smallest absolute Gasteiger partial charge is 0.283 e. The number of benzene rings is 2. The molecule has 3 heterocycles. The van der Waals surface area contributed by atoms with Crippen LogP contribution in [0.4, 0.5) is 0 Å². The summed E-state index contributed by atoms with van der Waals surface area (Å²) in [5.41, 5.74) is 0.809. The Hall–Kier alpha value is -2.99. The number of hydrogen-bond acceptors (Lipinski definition) is 7. The average molecular weight is 546 g/mol. The van der Waals surface area contributed by atoms with E-state index in [1.54, 1.807) is 30.3 Å². The van der Waals surface area contributed by atoms with Crippen LogP contribution in [0.1, 0.15) is 20.4 Å². The summed E-state index contributed by atoms with van der Waals surface area (Å²) in [5.74, 6) is -0.809. The lowest BCUT2D eigenvalue weighted by Gasteiger charge is -2.39. The maximum Gasteiger partial charge on any atom is 0.283 e. The second-order valence-electron chi connectivity index (χ2n) is 8.71. The van der Waals surface area contributed by atoms with Crippen molar-refractivity contribution < 1.29 is 18.0 Å². The Morgan fingerprint density at radius 3 is 2.67 bits per heavy atom. The van der Waals surface area contributed by atoms with Crippen molar-refractivity contribution in [2.75, 3.05) is 33.7 Å². The second-order valence-corrected chi connectivity index (χ2v) is 12.1. The summed E-state index contributed by atoms with van der Waals surface area (Å²) in [5, 5.41) is 4.99. The molecule has 0 aliphatic carbocycles. The fourth-order valence-electron chi connectivity index (χ4n) is 4.42. The van der Waals surface area contributed by atoms with E-state index in [1.165, 1.54) is 33.7 Å². The first kappa shape index (κ1) is 24.7. The number of nitrogens with zero attached hydrogens (tertiary/aromatic N) is 4. The zero-order chi connectivity index (χ0) is 25.6. The number of likely N-dealkylation sites (N-methyl/N-ethyl adjacent to an activating group) is 1. The largest absolute Gasteiger partial charge is 0.374 e. The van der Waals surface area contributed by atoms with Gasteiger partial charge in [-0.3, -0.25) is 9.59 Å². The number of hydrogen-bond donors (Lipinski definition) is 1. The topological polar surface area (TPSA) is 103 Å². The molecule has 2 aliphatic rings. The van der Waals surface area contributed by atoms with Crippen molar-refractivity contribution in [3.05, 3.63) is 63.2 Å². The number of rotatable bonds is 4. The molecule has 1 atom stereocenters. The van der Waals surface area contributed by atoms with Crippen molar-refractivity contribution in [1.82, 2.24) is 24.4 Å². The van der Waals surface area contributed by atoms with E-state index in [-0.39, 0.29) is 30.4 Å². The molecule has 1 aromatic heterocycles. The van der Waals surface area contributed by atoms with Crippen LogP contribution in [-0.2, 0) is 21.4 Å². The molecule has 12 heteroatoms. The number of piperazine rings is 1. The zero-order valence-corrected chi connectivity index (χ0v) is 22.0. The molecular weight excluding hydrogens is 522 g/mol. The lowest BCUT2D eigenvalue weighted by atomic mass is 10.1. The molecule has 3 aromatic rings. The van der Waals surface area contributed by atoms with Crippen LogP contribution in [-0.4, -0.2) is 79.1 Å². The molecule has 5 rings (SSSR count). The van der Waals surface area contributed by atoms with Gasteiger partial charge in [-0.25, -0.2) is 13.4 Å². The summed E-state index contributed by atoms with van der Waals surface area (Å²) in [6, 6.07) is 9.09. The summed E-state index contributed by atoms with van der Waals surface area (Å²) in [6.07, 6.45) is 3.83. The molecule has 0 spiro atoms. The minimum Gasteiger partial charge on any atom is -0.374 e. The van der Waals surface area contributed by atoms with Crippen LogP contribution in [0, 0.1) is 0 Å². The minimum atomic E-state index is -3.91. The fraction of sp³-hybridized carbons (Fsp3) is 0.292. The maximum absolute atomic E-state index is 13.5. The normalized spacial score (nSPS) is 18.4. The summed E-state index contributed by atoms with van der Waals surface area (Å²) in [6.45, 7) is 0.575. The van der Waals surface area contributed by atoms with E-state index in [4.69, 9.17) is 11.6 Å². The van der Waals surface area contributed by atoms with Crippen LogP contribution in [0.2, 0.25) is 5.02 Å². The molecule has 0 saturated carbocycles. The lowest BCUT2D eigenvalue weighted by Crippen LogP contribution is -2.61. The quantitative estimate of drug-likeness (QED) is 0.540. The van der Waals surface area contributed by atoms with Gasteiger partial charge in [-0.05, 0) is 41.1 Å². The van der Waals surface area contributed by atoms with Gasteiger partial charge in [-0.1, -0.05) is 23.7 Å². The van der Waals surface area contributed by atoms with Crippen molar-refractivity contribution in [3.63, 3.8) is 0 Å². The van der Waals surface area contributed by atoms with E-state index in [0.29, 0.717) is 16.6 Å². The fourth-order valence-corrected chi connectivity index (χ4v) is 7.00. The van der Waals surface area contributed by atoms with Gasteiger partial charge in [0.25, 0.3) is 5.91 Å². The van der Waals surface area contributed by atoms with Crippen LogP contribution >= 0.6 is 22.9 Å². The zero-order valence-electron chi connectivity index (χ0n) is 19.6. The maximum atomic E-state index is 13.5. The van der Waals surface area contributed by atoms with Crippen LogP contribution in [0.3, 0.4) is 0 Å². The van der Waals surface area contributed by atoms with Crippen molar-refractivity contribution in [1.29, 1.82) is 0 Å². The first-order chi connectivity index (χ1) is 17.2. The Bertz CT molecular complexity index is 1500. The Morgan fingerprint density at radius 1 is 1.14 bits per heavy atom. The number of carbonyl (C=O) groups excluding carboxylic acids is 2.